The van der Waals surface area contributed by atoms with Crippen LogP contribution in [-0.4, -0.2) is 45.8 Å². The van der Waals surface area contributed by atoms with E-state index in [9.17, 15) is 0 Å². The number of likely N-dealkylation sites (N-methyl/N-ethyl adjacent to an activating group) is 1. The Balaban J connectivity index is 2.76. The first kappa shape index (κ1) is 12.8. The Bertz CT molecular complexity index is 77.7. The van der Waals surface area contributed by atoms with Crippen molar-refractivity contribution in [3.63, 3.8) is 0 Å². The van der Waals surface area contributed by atoms with Gasteiger partial charge < -0.3 is 21.7 Å². The Hall–Kier alpha value is -0.160. The summed E-state index contributed by atoms with van der Waals surface area (Å²) >= 11 is 0. The zero-order valence-corrected chi connectivity index (χ0v) is 8.73. The molecule has 0 aliphatic heterocycles. The standard InChI is InChI=1S/C9H24N4/c1-2-11-6-7-13-9-8-12-5-3-4-10/h11-13H,2-10H2,1H3. The van der Waals surface area contributed by atoms with Crippen molar-refractivity contribution in [1.29, 1.82) is 0 Å². The van der Waals surface area contributed by atoms with Gasteiger partial charge in [0, 0.05) is 26.2 Å². The van der Waals surface area contributed by atoms with Crippen molar-refractivity contribution in [3.05, 3.63) is 0 Å². The van der Waals surface area contributed by atoms with Gasteiger partial charge in [-0.3, -0.25) is 0 Å². The topological polar surface area (TPSA) is 62.1 Å². The molecule has 0 aromatic rings. The van der Waals surface area contributed by atoms with E-state index in [1.165, 1.54) is 0 Å². The van der Waals surface area contributed by atoms with E-state index >= 15 is 0 Å². The molecule has 0 aliphatic carbocycles. The predicted octanol–water partition coefficient (Wildman–Crippen LogP) is -0.876. The van der Waals surface area contributed by atoms with Crippen molar-refractivity contribution < 1.29 is 0 Å². The zero-order valence-electron chi connectivity index (χ0n) is 8.73. The van der Waals surface area contributed by atoms with Gasteiger partial charge in [0.25, 0.3) is 0 Å². The maximum atomic E-state index is 5.36. The van der Waals surface area contributed by atoms with E-state index in [-0.39, 0.29) is 0 Å². The van der Waals surface area contributed by atoms with E-state index in [4.69, 9.17) is 5.73 Å². The molecule has 0 bridgehead atoms. The van der Waals surface area contributed by atoms with Crippen LogP contribution in [0.4, 0.5) is 0 Å². The van der Waals surface area contributed by atoms with Gasteiger partial charge in [-0.05, 0) is 26.1 Å². The van der Waals surface area contributed by atoms with Crippen molar-refractivity contribution in [1.82, 2.24) is 16.0 Å². The van der Waals surface area contributed by atoms with Crippen LogP contribution in [0.5, 0.6) is 0 Å². The quantitative estimate of drug-likeness (QED) is 0.336. The molecule has 4 heteroatoms. The average molecular weight is 188 g/mol. The van der Waals surface area contributed by atoms with Gasteiger partial charge in [-0.1, -0.05) is 6.92 Å². The van der Waals surface area contributed by atoms with E-state index in [1.807, 2.05) is 0 Å². The van der Waals surface area contributed by atoms with E-state index in [0.29, 0.717) is 0 Å². The fourth-order valence-corrected chi connectivity index (χ4v) is 1.01. The molecule has 0 radical (unpaired) electrons. The van der Waals surface area contributed by atoms with Gasteiger partial charge in [0.2, 0.25) is 0 Å². The second kappa shape index (κ2) is 11.8. The number of rotatable bonds is 10. The largest absolute Gasteiger partial charge is 0.330 e. The van der Waals surface area contributed by atoms with E-state index in [1.54, 1.807) is 0 Å². The number of hydrogen-bond donors (Lipinski definition) is 4. The molecule has 4 nitrogen and oxygen atoms in total. The Morgan fingerprint density at radius 2 is 1.38 bits per heavy atom. The second-order valence-electron chi connectivity index (χ2n) is 3.00. The highest BCUT2D eigenvalue weighted by Gasteiger charge is 1.87. The fraction of sp³-hybridized carbons (Fsp3) is 1.00. The minimum absolute atomic E-state index is 0.779. The van der Waals surface area contributed by atoms with Crippen molar-refractivity contribution in [2.45, 2.75) is 13.3 Å². The lowest BCUT2D eigenvalue weighted by Crippen LogP contribution is -2.33. The molecular weight excluding hydrogens is 164 g/mol. The molecule has 0 unspecified atom stereocenters. The van der Waals surface area contributed by atoms with Crippen LogP contribution in [0.3, 0.4) is 0 Å². The van der Waals surface area contributed by atoms with Crippen molar-refractivity contribution in [2.24, 2.45) is 5.73 Å². The second-order valence-corrected chi connectivity index (χ2v) is 3.00. The number of hydrogen-bond acceptors (Lipinski definition) is 4. The van der Waals surface area contributed by atoms with Crippen LogP contribution in [0.2, 0.25) is 0 Å². The zero-order chi connectivity index (χ0) is 9.78. The molecule has 0 spiro atoms. The SMILES string of the molecule is CCNCCNCCNCCCN. The monoisotopic (exact) mass is 188 g/mol. The fourth-order valence-electron chi connectivity index (χ4n) is 1.01. The minimum Gasteiger partial charge on any atom is -0.330 e. The molecule has 0 atom stereocenters. The maximum Gasteiger partial charge on any atom is 0.00772 e. The highest BCUT2D eigenvalue weighted by molar-refractivity contribution is 4.54. The molecule has 0 fully saturated rings. The molecule has 0 rings (SSSR count). The first-order chi connectivity index (χ1) is 6.41. The van der Waals surface area contributed by atoms with E-state index in [2.05, 4.69) is 22.9 Å². The van der Waals surface area contributed by atoms with Gasteiger partial charge in [0.15, 0.2) is 0 Å². The summed E-state index contributed by atoms with van der Waals surface area (Å²) in [6, 6.07) is 0. The summed E-state index contributed by atoms with van der Waals surface area (Å²) in [5.41, 5.74) is 5.36. The van der Waals surface area contributed by atoms with Crippen molar-refractivity contribution in [2.75, 3.05) is 45.8 Å². The maximum absolute atomic E-state index is 5.36. The molecule has 0 saturated heterocycles. The van der Waals surface area contributed by atoms with Crippen LogP contribution >= 0.6 is 0 Å². The van der Waals surface area contributed by atoms with Gasteiger partial charge in [-0.2, -0.15) is 0 Å². The van der Waals surface area contributed by atoms with Crippen LogP contribution < -0.4 is 21.7 Å². The Morgan fingerprint density at radius 1 is 0.846 bits per heavy atom. The summed E-state index contributed by atoms with van der Waals surface area (Å²) in [5, 5.41) is 9.92. The Morgan fingerprint density at radius 3 is 1.92 bits per heavy atom. The van der Waals surface area contributed by atoms with Crippen LogP contribution in [0.25, 0.3) is 0 Å². The van der Waals surface area contributed by atoms with Crippen molar-refractivity contribution in [3.8, 4) is 0 Å². The summed E-state index contributed by atoms with van der Waals surface area (Å²) in [4.78, 5) is 0. The highest BCUT2D eigenvalue weighted by Crippen LogP contribution is 1.68. The molecule has 80 valence electrons. The third-order valence-corrected chi connectivity index (χ3v) is 1.76. The van der Waals surface area contributed by atoms with Crippen LogP contribution in [-0.2, 0) is 0 Å². The van der Waals surface area contributed by atoms with E-state index in [0.717, 1.165) is 52.2 Å². The van der Waals surface area contributed by atoms with E-state index < -0.39 is 0 Å². The summed E-state index contributed by atoms with van der Waals surface area (Å²) in [5.74, 6) is 0. The summed E-state index contributed by atoms with van der Waals surface area (Å²) in [7, 11) is 0. The van der Waals surface area contributed by atoms with Crippen LogP contribution in [0.15, 0.2) is 0 Å². The third-order valence-electron chi connectivity index (χ3n) is 1.76. The van der Waals surface area contributed by atoms with Gasteiger partial charge in [-0.25, -0.2) is 0 Å². The average Bonchev–Trinajstić information content (AvgIpc) is 2.16. The lowest BCUT2D eigenvalue weighted by Gasteiger charge is -2.06. The summed E-state index contributed by atoms with van der Waals surface area (Å²) < 4.78 is 0. The number of nitrogens with two attached hydrogens (primary N) is 1. The first-order valence-corrected chi connectivity index (χ1v) is 5.24. The molecule has 0 aliphatic rings. The Kier molecular flexibility index (Phi) is 11.7. The van der Waals surface area contributed by atoms with Gasteiger partial charge in [0.1, 0.15) is 0 Å². The summed E-state index contributed by atoms with van der Waals surface area (Å²) in [6.07, 6.45) is 1.07. The molecule has 0 saturated carbocycles. The normalized spacial score (nSPS) is 10.6. The smallest absolute Gasteiger partial charge is 0.00772 e. The van der Waals surface area contributed by atoms with Crippen molar-refractivity contribution >= 4 is 0 Å². The number of nitrogens with one attached hydrogen (secondary N) is 3. The van der Waals surface area contributed by atoms with Crippen LogP contribution in [0.1, 0.15) is 13.3 Å². The predicted molar refractivity (Wildman–Crippen MR) is 58.0 cm³/mol. The molecule has 5 N–H and O–H groups in total. The molecule has 0 amide bonds. The molecule has 0 heterocycles. The molecular formula is C9H24N4. The highest BCUT2D eigenvalue weighted by atomic mass is 15.0. The van der Waals surface area contributed by atoms with Gasteiger partial charge in [-0.15, -0.1) is 0 Å². The van der Waals surface area contributed by atoms with Crippen LogP contribution in [0, 0.1) is 0 Å². The third kappa shape index (κ3) is 11.8. The van der Waals surface area contributed by atoms with Gasteiger partial charge in [0.05, 0.1) is 0 Å². The molecule has 0 aromatic heterocycles. The lowest BCUT2D eigenvalue weighted by atomic mass is 10.4. The first-order valence-electron chi connectivity index (χ1n) is 5.24. The molecule has 0 aromatic carbocycles. The van der Waals surface area contributed by atoms with Gasteiger partial charge >= 0.3 is 0 Å². The minimum atomic E-state index is 0.779. The molecule has 13 heavy (non-hydrogen) atoms. The summed E-state index contributed by atoms with van der Waals surface area (Å²) in [6.45, 7) is 9.16. The Labute approximate surface area is 81.6 Å². The lowest BCUT2D eigenvalue weighted by molar-refractivity contribution is 0.581.